The molecule has 3 nitrogen and oxygen atoms in total. The molecule has 4 heteroatoms. The van der Waals surface area contributed by atoms with Gasteiger partial charge in [0.05, 0.1) is 6.61 Å². The van der Waals surface area contributed by atoms with Gasteiger partial charge in [0.1, 0.15) is 6.61 Å². The fourth-order valence-corrected chi connectivity index (χ4v) is 2.65. The number of aliphatic hydroxyl groups is 1. The topological polar surface area (TPSA) is 32.7 Å². The lowest BCUT2D eigenvalue weighted by Crippen LogP contribution is -2.37. The molecule has 1 heterocycles. The lowest BCUT2D eigenvalue weighted by molar-refractivity contribution is 0.151. The van der Waals surface area contributed by atoms with Crippen molar-refractivity contribution >= 4 is 0 Å². The van der Waals surface area contributed by atoms with Gasteiger partial charge in [0.15, 0.2) is 11.6 Å². The molecule has 0 saturated carbocycles. The third-order valence-electron chi connectivity index (χ3n) is 3.87. The zero-order valence-corrected chi connectivity index (χ0v) is 12.4. The summed E-state index contributed by atoms with van der Waals surface area (Å²) in [5, 5.41) is 8.68. The van der Waals surface area contributed by atoms with Gasteiger partial charge in [-0.25, -0.2) is 4.39 Å². The van der Waals surface area contributed by atoms with E-state index in [9.17, 15) is 4.39 Å². The Morgan fingerprint density at radius 3 is 3.05 bits per heavy atom. The Kier molecular flexibility index (Phi) is 6.04. The molecule has 1 N–H and O–H groups in total. The molecule has 0 amide bonds. The van der Waals surface area contributed by atoms with Crippen molar-refractivity contribution in [2.24, 2.45) is 0 Å². The molecule has 2 rings (SSSR count). The van der Waals surface area contributed by atoms with Crippen LogP contribution >= 0.6 is 0 Å². The van der Waals surface area contributed by atoms with Crippen molar-refractivity contribution in [2.45, 2.75) is 31.7 Å². The SMILES string of the molecule is CN1CCCCC1CCOc1cc(C#CCO)ccc1F. The van der Waals surface area contributed by atoms with Crippen LogP contribution in [0.15, 0.2) is 18.2 Å². The molecule has 1 saturated heterocycles. The summed E-state index contributed by atoms with van der Waals surface area (Å²) in [4.78, 5) is 2.35. The molecule has 1 aromatic carbocycles. The second-order valence-corrected chi connectivity index (χ2v) is 5.37. The lowest BCUT2D eigenvalue weighted by Gasteiger charge is -2.32. The average molecular weight is 291 g/mol. The van der Waals surface area contributed by atoms with E-state index in [1.165, 1.54) is 25.3 Å². The first-order valence-corrected chi connectivity index (χ1v) is 7.43. The molecule has 1 unspecified atom stereocenters. The third-order valence-corrected chi connectivity index (χ3v) is 3.87. The van der Waals surface area contributed by atoms with Crippen molar-refractivity contribution in [3.05, 3.63) is 29.6 Å². The highest BCUT2D eigenvalue weighted by Crippen LogP contribution is 2.21. The first-order chi connectivity index (χ1) is 10.2. The highest BCUT2D eigenvalue weighted by atomic mass is 19.1. The van der Waals surface area contributed by atoms with E-state index < -0.39 is 0 Å². The number of aliphatic hydroxyl groups excluding tert-OH is 1. The molecule has 0 aromatic heterocycles. The number of likely N-dealkylation sites (tertiary alicyclic amines) is 1. The van der Waals surface area contributed by atoms with Crippen LogP contribution in [0.5, 0.6) is 5.75 Å². The van der Waals surface area contributed by atoms with Crippen molar-refractivity contribution < 1.29 is 14.2 Å². The van der Waals surface area contributed by atoms with E-state index in [0.717, 1.165) is 13.0 Å². The van der Waals surface area contributed by atoms with Gasteiger partial charge in [0.25, 0.3) is 0 Å². The minimum Gasteiger partial charge on any atom is -0.490 e. The summed E-state index contributed by atoms with van der Waals surface area (Å²) in [7, 11) is 2.13. The summed E-state index contributed by atoms with van der Waals surface area (Å²) in [5.41, 5.74) is 0.648. The summed E-state index contributed by atoms with van der Waals surface area (Å²) in [6, 6.07) is 5.05. The predicted molar refractivity (Wildman–Crippen MR) is 80.7 cm³/mol. The predicted octanol–water partition coefficient (Wildman–Crippen LogP) is 2.42. The summed E-state index contributed by atoms with van der Waals surface area (Å²) >= 11 is 0. The van der Waals surface area contributed by atoms with Crippen molar-refractivity contribution in [1.82, 2.24) is 4.90 Å². The number of hydrogen-bond donors (Lipinski definition) is 1. The molecule has 0 bridgehead atoms. The molecule has 1 aliphatic heterocycles. The summed E-state index contributed by atoms with van der Waals surface area (Å²) in [6.07, 6.45) is 4.61. The van der Waals surface area contributed by atoms with Crippen LogP contribution in [0.3, 0.4) is 0 Å². The molecule has 0 spiro atoms. The third kappa shape index (κ3) is 4.73. The van der Waals surface area contributed by atoms with Crippen LogP contribution in [0, 0.1) is 17.7 Å². The number of ether oxygens (including phenoxy) is 1. The van der Waals surface area contributed by atoms with E-state index in [1.54, 1.807) is 12.1 Å². The first-order valence-electron chi connectivity index (χ1n) is 7.43. The number of piperidine rings is 1. The normalized spacial score (nSPS) is 18.9. The summed E-state index contributed by atoms with van der Waals surface area (Å²) in [5.74, 6) is 5.16. The second-order valence-electron chi connectivity index (χ2n) is 5.37. The van der Waals surface area contributed by atoms with Crippen LogP contribution in [0.1, 0.15) is 31.2 Å². The highest BCUT2D eigenvalue weighted by molar-refractivity contribution is 5.40. The minimum atomic E-state index is -0.374. The average Bonchev–Trinajstić information content (AvgIpc) is 2.49. The van der Waals surface area contributed by atoms with Gasteiger partial charge in [-0.3, -0.25) is 0 Å². The highest BCUT2D eigenvalue weighted by Gasteiger charge is 2.18. The molecule has 1 aliphatic rings. The Morgan fingerprint density at radius 1 is 1.43 bits per heavy atom. The molecule has 1 atom stereocenters. The van der Waals surface area contributed by atoms with Gasteiger partial charge in [0, 0.05) is 11.6 Å². The molecule has 114 valence electrons. The van der Waals surface area contributed by atoms with Crippen LogP contribution in [0.4, 0.5) is 4.39 Å². The summed E-state index contributed by atoms with van der Waals surface area (Å²) < 4.78 is 19.3. The van der Waals surface area contributed by atoms with Gasteiger partial charge >= 0.3 is 0 Å². The second kappa shape index (κ2) is 8.02. The van der Waals surface area contributed by atoms with E-state index >= 15 is 0 Å². The zero-order chi connectivity index (χ0) is 15.1. The zero-order valence-electron chi connectivity index (χ0n) is 12.4. The van der Waals surface area contributed by atoms with Crippen molar-refractivity contribution in [3.8, 4) is 17.6 Å². The number of rotatable bonds is 4. The van der Waals surface area contributed by atoms with E-state index in [-0.39, 0.29) is 18.2 Å². The quantitative estimate of drug-likeness (QED) is 0.865. The Hall–Kier alpha value is -1.57. The molecule has 0 aliphatic carbocycles. The van der Waals surface area contributed by atoms with E-state index in [1.807, 2.05) is 0 Å². The number of nitrogens with zero attached hydrogens (tertiary/aromatic N) is 1. The fraction of sp³-hybridized carbons (Fsp3) is 0.529. The van der Waals surface area contributed by atoms with Crippen molar-refractivity contribution in [2.75, 3.05) is 26.8 Å². The minimum absolute atomic E-state index is 0.207. The first kappa shape index (κ1) is 15.8. The maximum atomic E-state index is 13.7. The molecule has 21 heavy (non-hydrogen) atoms. The molecule has 0 radical (unpaired) electrons. The smallest absolute Gasteiger partial charge is 0.165 e. The van der Waals surface area contributed by atoms with Crippen LogP contribution in [0.2, 0.25) is 0 Å². The van der Waals surface area contributed by atoms with E-state index in [4.69, 9.17) is 9.84 Å². The maximum absolute atomic E-state index is 13.7. The fourth-order valence-electron chi connectivity index (χ4n) is 2.65. The maximum Gasteiger partial charge on any atom is 0.165 e. The van der Waals surface area contributed by atoms with Gasteiger partial charge < -0.3 is 14.7 Å². The van der Waals surface area contributed by atoms with Crippen LogP contribution in [-0.4, -0.2) is 42.9 Å². The largest absolute Gasteiger partial charge is 0.490 e. The van der Waals surface area contributed by atoms with E-state index in [2.05, 4.69) is 23.8 Å². The Morgan fingerprint density at radius 2 is 2.29 bits per heavy atom. The Labute approximate surface area is 125 Å². The number of halogens is 1. The molecular formula is C17H22FNO2. The van der Waals surface area contributed by atoms with Crippen LogP contribution in [0.25, 0.3) is 0 Å². The molecular weight excluding hydrogens is 269 g/mol. The van der Waals surface area contributed by atoms with E-state index in [0.29, 0.717) is 18.2 Å². The standard InChI is InChI=1S/C17H22FNO2/c1-19-10-3-2-6-15(19)9-12-21-17-13-14(5-4-11-20)7-8-16(17)18/h7-8,13,15,20H,2-3,6,9-12H2,1H3. The van der Waals surface area contributed by atoms with Crippen molar-refractivity contribution in [3.63, 3.8) is 0 Å². The van der Waals surface area contributed by atoms with Crippen molar-refractivity contribution in [1.29, 1.82) is 0 Å². The molecule has 1 aromatic rings. The Balaban J connectivity index is 1.90. The molecule has 1 fully saturated rings. The monoisotopic (exact) mass is 291 g/mol. The van der Waals surface area contributed by atoms with Gasteiger partial charge in [-0.1, -0.05) is 18.3 Å². The Bertz CT molecular complexity index is 521. The number of hydrogen-bond acceptors (Lipinski definition) is 3. The lowest BCUT2D eigenvalue weighted by atomic mass is 10.0. The summed E-state index contributed by atoms with van der Waals surface area (Å²) in [6.45, 7) is 1.43. The van der Waals surface area contributed by atoms with Gasteiger partial charge in [-0.05, 0) is 51.1 Å². The van der Waals surface area contributed by atoms with Gasteiger partial charge in [-0.2, -0.15) is 0 Å². The van der Waals surface area contributed by atoms with Gasteiger partial charge in [0.2, 0.25) is 0 Å². The van der Waals surface area contributed by atoms with Crippen LogP contribution in [-0.2, 0) is 0 Å². The van der Waals surface area contributed by atoms with Crippen LogP contribution < -0.4 is 4.74 Å². The van der Waals surface area contributed by atoms with Gasteiger partial charge in [-0.15, -0.1) is 0 Å². The number of benzene rings is 1.